The minimum absolute atomic E-state index is 0.578. The summed E-state index contributed by atoms with van der Waals surface area (Å²) in [4.78, 5) is 0. The third kappa shape index (κ3) is 6.72. The second kappa shape index (κ2) is 15.9. The Kier molecular flexibility index (Phi) is 9.81. The molecule has 0 aliphatic rings. The van der Waals surface area contributed by atoms with Crippen LogP contribution in [-0.2, 0) is 0 Å². The molecule has 0 fully saturated rings. The molecule has 0 saturated heterocycles. The Hall–Kier alpha value is -8.44. The van der Waals surface area contributed by atoms with E-state index in [0.717, 1.165) is 66.6 Å². The summed E-state index contributed by atoms with van der Waals surface area (Å²) in [6, 6.07) is 63.8. The van der Waals surface area contributed by atoms with E-state index in [1.807, 2.05) is 18.2 Å². The van der Waals surface area contributed by atoms with Gasteiger partial charge in [0.05, 0.1) is 56.7 Å². The summed E-state index contributed by atoms with van der Waals surface area (Å²) in [6.07, 6.45) is 0. The van der Waals surface area contributed by atoms with Crippen molar-refractivity contribution in [2.45, 2.75) is 48.5 Å². The number of rotatable bonds is 6. The third-order valence-corrected chi connectivity index (χ3v) is 13.8. The molecule has 0 radical (unpaired) electrons. The molecular weight excluding hydrogens is 813 g/mol. The lowest BCUT2D eigenvalue weighted by Gasteiger charge is -2.20. The van der Waals surface area contributed by atoms with Gasteiger partial charge in [-0.05, 0) is 189 Å². The van der Waals surface area contributed by atoms with E-state index in [1.54, 1.807) is 0 Å². The quantitative estimate of drug-likeness (QED) is 0.167. The van der Waals surface area contributed by atoms with Gasteiger partial charge in [0.15, 0.2) is 0 Å². The number of nitriles is 2. The monoisotopic (exact) mass is 860 g/mol. The summed E-state index contributed by atoms with van der Waals surface area (Å²) in [5.74, 6) is 0. The lowest BCUT2D eigenvalue weighted by atomic mass is 9.92. The second-order valence-electron chi connectivity index (χ2n) is 18.4. The van der Waals surface area contributed by atoms with Gasteiger partial charge in [0.1, 0.15) is 0 Å². The molecule has 0 bridgehead atoms. The molecular formula is C63H48N4. The van der Waals surface area contributed by atoms with Crippen LogP contribution in [0, 0.1) is 71.1 Å². The van der Waals surface area contributed by atoms with E-state index in [0.29, 0.717) is 11.1 Å². The molecule has 0 saturated carbocycles. The van der Waals surface area contributed by atoms with Crippen molar-refractivity contribution in [1.82, 2.24) is 9.13 Å². The summed E-state index contributed by atoms with van der Waals surface area (Å²) in [6.45, 7) is 15.2. The molecule has 0 unspecified atom stereocenters. The number of nitrogens with zero attached hydrogens (tertiary/aromatic N) is 4. The van der Waals surface area contributed by atoms with Crippen LogP contribution in [0.1, 0.15) is 50.1 Å². The Bertz CT molecular complexity index is 3920. The SMILES string of the molecule is Cc1cc(C)c(-c2ccc3c(c2)c2ccccc2n3-c2ccc(C#N)cc2-c2cc(-c3ccc(C#N)cc3C)ccc2-n2c3ccccc3c3cc(-c4c(C)cc(C)cc4C)ccc32)c(C)c1. The standard InChI is InChI=1S/C63H48N4/c1-37-26-40(4)62(41(5)27-37)47-19-24-59-53(33-47)50-12-8-10-14-56(50)66(59)58-22-17-45(36-65)31-52(58)55-32-46(49-21-16-44(35-64)30-39(49)3)18-23-61(55)67-57-15-11-9-13-51(57)54-34-48(20-25-60(54)67)63-42(6)28-38(2)29-43(63)7/h8-34H,1-7H3. The third-order valence-electron chi connectivity index (χ3n) is 13.8. The molecule has 0 amide bonds. The number of hydrogen-bond acceptors (Lipinski definition) is 2. The molecule has 0 aliphatic carbocycles. The second-order valence-corrected chi connectivity index (χ2v) is 18.4. The highest BCUT2D eigenvalue weighted by molar-refractivity contribution is 6.13. The van der Waals surface area contributed by atoms with Gasteiger partial charge in [0, 0.05) is 32.7 Å². The van der Waals surface area contributed by atoms with E-state index in [2.05, 4.69) is 215 Å². The van der Waals surface area contributed by atoms with Crippen molar-refractivity contribution in [2.24, 2.45) is 0 Å². The largest absolute Gasteiger partial charge is 0.309 e. The molecule has 9 aromatic carbocycles. The van der Waals surface area contributed by atoms with E-state index < -0.39 is 0 Å². The van der Waals surface area contributed by atoms with Crippen LogP contribution >= 0.6 is 0 Å². The fourth-order valence-electron chi connectivity index (χ4n) is 11.2. The van der Waals surface area contributed by atoms with Gasteiger partial charge in [-0.1, -0.05) is 96.1 Å². The van der Waals surface area contributed by atoms with Gasteiger partial charge >= 0.3 is 0 Å². The average molecular weight is 861 g/mol. The molecule has 0 atom stereocenters. The molecule has 0 N–H and O–H groups in total. The minimum Gasteiger partial charge on any atom is -0.309 e. The molecule has 11 aromatic rings. The Morgan fingerprint density at radius 3 is 1.24 bits per heavy atom. The van der Waals surface area contributed by atoms with E-state index in [-0.39, 0.29) is 0 Å². The minimum atomic E-state index is 0.578. The smallest absolute Gasteiger partial charge is 0.0991 e. The van der Waals surface area contributed by atoms with Crippen LogP contribution in [-0.4, -0.2) is 9.13 Å². The number of hydrogen-bond donors (Lipinski definition) is 0. The summed E-state index contributed by atoms with van der Waals surface area (Å²) < 4.78 is 4.79. The Morgan fingerprint density at radius 2 is 0.746 bits per heavy atom. The van der Waals surface area contributed by atoms with Crippen molar-refractivity contribution in [2.75, 3.05) is 0 Å². The van der Waals surface area contributed by atoms with Crippen LogP contribution in [0.2, 0.25) is 0 Å². The summed E-state index contributed by atoms with van der Waals surface area (Å²) >= 11 is 0. The van der Waals surface area contributed by atoms with Crippen LogP contribution < -0.4 is 0 Å². The van der Waals surface area contributed by atoms with Gasteiger partial charge < -0.3 is 9.13 Å². The Labute approximate surface area is 391 Å². The van der Waals surface area contributed by atoms with Crippen LogP contribution in [0.3, 0.4) is 0 Å². The van der Waals surface area contributed by atoms with Gasteiger partial charge in [0.25, 0.3) is 0 Å². The zero-order valence-corrected chi connectivity index (χ0v) is 38.9. The topological polar surface area (TPSA) is 57.4 Å². The van der Waals surface area contributed by atoms with E-state index in [9.17, 15) is 10.5 Å². The van der Waals surface area contributed by atoms with Crippen molar-refractivity contribution in [3.05, 3.63) is 214 Å². The first-order valence-electron chi connectivity index (χ1n) is 22.9. The zero-order valence-electron chi connectivity index (χ0n) is 38.9. The van der Waals surface area contributed by atoms with E-state index in [1.165, 1.54) is 71.8 Å². The zero-order chi connectivity index (χ0) is 46.2. The molecule has 4 nitrogen and oxygen atoms in total. The Morgan fingerprint density at radius 1 is 0.328 bits per heavy atom. The van der Waals surface area contributed by atoms with Crippen molar-refractivity contribution in [3.8, 4) is 68.0 Å². The van der Waals surface area contributed by atoms with E-state index in [4.69, 9.17) is 0 Å². The van der Waals surface area contributed by atoms with Crippen molar-refractivity contribution in [3.63, 3.8) is 0 Å². The lowest BCUT2D eigenvalue weighted by Crippen LogP contribution is -2.03. The van der Waals surface area contributed by atoms with Crippen molar-refractivity contribution < 1.29 is 0 Å². The van der Waals surface area contributed by atoms with Gasteiger partial charge in [-0.3, -0.25) is 0 Å². The molecule has 67 heavy (non-hydrogen) atoms. The maximum atomic E-state index is 10.6. The number of para-hydroxylation sites is 2. The maximum absolute atomic E-state index is 10.6. The molecule has 320 valence electrons. The van der Waals surface area contributed by atoms with Gasteiger partial charge in [-0.15, -0.1) is 0 Å². The predicted molar refractivity (Wildman–Crippen MR) is 279 cm³/mol. The van der Waals surface area contributed by atoms with Gasteiger partial charge in [0.2, 0.25) is 0 Å². The lowest BCUT2D eigenvalue weighted by molar-refractivity contribution is 1.16. The molecule has 0 aliphatic heterocycles. The van der Waals surface area contributed by atoms with Crippen LogP contribution in [0.25, 0.3) is 99.5 Å². The molecule has 11 rings (SSSR count). The summed E-state index contributed by atoms with van der Waals surface area (Å²) in [5, 5.41) is 25.1. The van der Waals surface area contributed by atoms with Crippen LogP contribution in [0.4, 0.5) is 0 Å². The normalized spacial score (nSPS) is 11.5. The first kappa shape index (κ1) is 41.3. The molecule has 0 spiro atoms. The average Bonchev–Trinajstić information content (AvgIpc) is 3.82. The van der Waals surface area contributed by atoms with Crippen molar-refractivity contribution in [1.29, 1.82) is 10.5 Å². The van der Waals surface area contributed by atoms with Crippen LogP contribution in [0.15, 0.2) is 164 Å². The molecule has 4 heteroatoms. The maximum Gasteiger partial charge on any atom is 0.0991 e. The highest BCUT2D eigenvalue weighted by Gasteiger charge is 2.23. The van der Waals surface area contributed by atoms with Gasteiger partial charge in [-0.25, -0.2) is 0 Å². The molecule has 2 heterocycles. The summed E-state index contributed by atoms with van der Waals surface area (Å²) in [5.41, 5.74) is 25.1. The van der Waals surface area contributed by atoms with Crippen LogP contribution in [0.5, 0.6) is 0 Å². The first-order chi connectivity index (χ1) is 32.5. The fourth-order valence-corrected chi connectivity index (χ4v) is 11.2. The Balaban J connectivity index is 1.21. The fraction of sp³-hybridized carbons (Fsp3) is 0.111. The number of aryl methyl sites for hydroxylation is 7. The number of fused-ring (bicyclic) bond motifs is 6. The first-order valence-corrected chi connectivity index (χ1v) is 22.9. The van der Waals surface area contributed by atoms with E-state index >= 15 is 0 Å². The van der Waals surface area contributed by atoms with Gasteiger partial charge in [-0.2, -0.15) is 10.5 Å². The number of aromatic nitrogens is 2. The summed E-state index contributed by atoms with van der Waals surface area (Å²) in [7, 11) is 0. The number of benzene rings is 9. The predicted octanol–water partition coefficient (Wildman–Crippen LogP) is 16.5. The molecule has 2 aromatic heterocycles. The highest BCUT2D eigenvalue weighted by Crippen LogP contribution is 2.45. The van der Waals surface area contributed by atoms with Crippen molar-refractivity contribution >= 4 is 43.6 Å². The highest BCUT2D eigenvalue weighted by atomic mass is 15.0.